The van der Waals surface area contributed by atoms with Gasteiger partial charge < -0.3 is 0 Å². The fourth-order valence-corrected chi connectivity index (χ4v) is 3.67. The Bertz CT molecular complexity index is 736. The summed E-state index contributed by atoms with van der Waals surface area (Å²) in [5, 5.41) is 0. The van der Waals surface area contributed by atoms with Crippen molar-refractivity contribution in [1.29, 1.82) is 0 Å². The van der Waals surface area contributed by atoms with Crippen molar-refractivity contribution in [2.75, 3.05) is 0 Å². The SMILES string of the molecule is CC(C)=C1C=C(C(C)(C)C)c2nsc(-c3ccccc3)c21. The summed E-state index contributed by atoms with van der Waals surface area (Å²) in [7, 11) is 0. The Morgan fingerprint density at radius 2 is 1.71 bits per heavy atom. The Kier molecular flexibility index (Phi) is 3.37. The minimum absolute atomic E-state index is 0.119. The molecular formula is C19H21NS. The number of hydrogen-bond acceptors (Lipinski definition) is 2. The normalized spacial score (nSPS) is 14.1. The molecule has 0 aliphatic heterocycles. The monoisotopic (exact) mass is 295 g/mol. The maximum absolute atomic E-state index is 4.79. The third kappa shape index (κ3) is 2.38. The third-order valence-corrected chi connectivity index (χ3v) is 4.78. The summed E-state index contributed by atoms with van der Waals surface area (Å²) >= 11 is 1.62. The van der Waals surface area contributed by atoms with Crippen LogP contribution in [0.15, 0.2) is 42.0 Å². The van der Waals surface area contributed by atoms with Crippen molar-refractivity contribution in [1.82, 2.24) is 4.37 Å². The highest BCUT2D eigenvalue weighted by atomic mass is 32.1. The van der Waals surface area contributed by atoms with E-state index in [1.165, 1.54) is 38.4 Å². The Labute approximate surface area is 131 Å². The number of benzene rings is 1. The first-order valence-corrected chi connectivity index (χ1v) is 8.12. The molecule has 1 heterocycles. The van der Waals surface area contributed by atoms with E-state index in [9.17, 15) is 0 Å². The lowest BCUT2D eigenvalue weighted by atomic mass is 9.85. The summed E-state index contributed by atoms with van der Waals surface area (Å²) in [5.41, 5.74) is 7.95. The fraction of sp³-hybridized carbons (Fsp3) is 0.316. The molecule has 0 radical (unpaired) electrons. The first-order valence-electron chi connectivity index (χ1n) is 7.35. The largest absolute Gasteiger partial charge is 0.192 e. The molecule has 2 heteroatoms. The molecule has 0 fully saturated rings. The highest BCUT2D eigenvalue weighted by molar-refractivity contribution is 7.10. The van der Waals surface area contributed by atoms with Crippen molar-refractivity contribution in [2.45, 2.75) is 34.6 Å². The van der Waals surface area contributed by atoms with Crippen LogP contribution < -0.4 is 0 Å². The lowest BCUT2D eigenvalue weighted by Gasteiger charge is -2.19. The van der Waals surface area contributed by atoms with Gasteiger partial charge in [0.2, 0.25) is 0 Å². The predicted octanol–water partition coefficient (Wildman–Crippen LogP) is 6.05. The van der Waals surface area contributed by atoms with Gasteiger partial charge in [0.05, 0.1) is 10.6 Å². The second-order valence-electron chi connectivity index (χ2n) is 6.82. The van der Waals surface area contributed by atoms with E-state index < -0.39 is 0 Å². The van der Waals surface area contributed by atoms with Crippen molar-refractivity contribution < 1.29 is 0 Å². The Balaban J connectivity index is 2.25. The van der Waals surface area contributed by atoms with Gasteiger partial charge in [0.1, 0.15) is 0 Å². The van der Waals surface area contributed by atoms with E-state index in [0.717, 1.165) is 0 Å². The van der Waals surface area contributed by atoms with Crippen LogP contribution in [0.25, 0.3) is 21.6 Å². The van der Waals surface area contributed by atoms with Crippen molar-refractivity contribution in [2.24, 2.45) is 5.41 Å². The number of aromatic nitrogens is 1. The highest BCUT2D eigenvalue weighted by Crippen LogP contribution is 2.49. The molecule has 1 aliphatic carbocycles. The van der Waals surface area contributed by atoms with Gasteiger partial charge in [0.15, 0.2) is 0 Å². The molecule has 21 heavy (non-hydrogen) atoms. The molecule has 0 atom stereocenters. The van der Waals surface area contributed by atoms with Crippen LogP contribution in [0.1, 0.15) is 45.9 Å². The molecule has 108 valence electrons. The summed E-state index contributed by atoms with van der Waals surface area (Å²) in [6, 6.07) is 10.6. The molecule has 0 spiro atoms. The number of allylic oxidation sites excluding steroid dienone is 4. The van der Waals surface area contributed by atoms with E-state index in [2.05, 4.69) is 71.0 Å². The number of hydrogen-bond donors (Lipinski definition) is 0. The van der Waals surface area contributed by atoms with Crippen molar-refractivity contribution in [3.63, 3.8) is 0 Å². The van der Waals surface area contributed by atoms with Crippen LogP contribution in [-0.2, 0) is 0 Å². The average Bonchev–Trinajstić information content (AvgIpc) is 2.97. The molecule has 0 N–H and O–H groups in total. The van der Waals surface area contributed by atoms with Crippen molar-refractivity contribution in [3.8, 4) is 10.4 Å². The first kappa shape index (κ1) is 14.3. The lowest BCUT2D eigenvalue weighted by Crippen LogP contribution is -2.07. The quantitative estimate of drug-likeness (QED) is 0.624. The second-order valence-corrected chi connectivity index (χ2v) is 7.60. The van der Waals surface area contributed by atoms with Gasteiger partial charge >= 0.3 is 0 Å². The van der Waals surface area contributed by atoms with Crippen LogP contribution in [0, 0.1) is 5.41 Å². The standard InChI is InChI=1S/C19H21NS/c1-12(2)14-11-15(19(3,4)5)17-16(14)18(21-20-17)13-9-7-6-8-10-13/h6-11H,1-5H3. The van der Waals surface area contributed by atoms with E-state index in [-0.39, 0.29) is 5.41 Å². The average molecular weight is 295 g/mol. The minimum Gasteiger partial charge on any atom is -0.192 e. The van der Waals surface area contributed by atoms with Gasteiger partial charge in [-0.1, -0.05) is 56.7 Å². The van der Waals surface area contributed by atoms with Gasteiger partial charge in [-0.2, -0.15) is 4.37 Å². The van der Waals surface area contributed by atoms with Crippen LogP contribution in [-0.4, -0.2) is 4.37 Å². The number of nitrogens with zero attached hydrogens (tertiary/aromatic N) is 1. The van der Waals surface area contributed by atoms with Crippen LogP contribution in [0.3, 0.4) is 0 Å². The zero-order valence-electron chi connectivity index (χ0n) is 13.3. The Hall–Kier alpha value is -1.67. The molecule has 1 aliphatic rings. The number of rotatable bonds is 1. The van der Waals surface area contributed by atoms with Gasteiger partial charge in [-0.3, -0.25) is 0 Å². The van der Waals surface area contributed by atoms with Crippen LogP contribution >= 0.6 is 11.5 Å². The maximum atomic E-state index is 4.79. The summed E-state index contributed by atoms with van der Waals surface area (Å²) in [6.45, 7) is 11.2. The van der Waals surface area contributed by atoms with Gasteiger partial charge in [-0.05, 0) is 53.6 Å². The van der Waals surface area contributed by atoms with E-state index in [4.69, 9.17) is 4.37 Å². The molecule has 0 saturated carbocycles. The summed E-state index contributed by atoms with van der Waals surface area (Å²) in [5.74, 6) is 0. The van der Waals surface area contributed by atoms with Gasteiger partial charge in [0.25, 0.3) is 0 Å². The summed E-state index contributed by atoms with van der Waals surface area (Å²) in [4.78, 5) is 1.29. The molecule has 3 rings (SSSR count). The number of fused-ring (bicyclic) bond motifs is 1. The van der Waals surface area contributed by atoms with Gasteiger partial charge in [-0.25, -0.2) is 0 Å². The zero-order valence-corrected chi connectivity index (χ0v) is 14.1. The molecular weight excluding hydrogens is 274 g/mol. The van der Waals surface area contributed by atoms with Crippen molar-refractivity contribution in [3.05, 3.63) is 53.2 Å². The lowest BCUT2D eigenvalue weighted by molar-refractivity contribution is 0.566. The minimum atomic E-state index is 0.119. The van der Waals surface area contributed by atoms with E-state index in [1.807, 2.05) is 0 Å². The molecule has 0 amide bonds. The van der Waals surface area contributed by atoms with E-state index in [1.54, 1.807) is 11.5 Å². The molecule has 1 nitrogen and oxygen atoms in total. The van der Waals surface area contributed by atoms with Crippen LogP contribution in [0.4, 0.5) is 0 Å². The highest BCUT2D eigenvalue weighted by Gasteiger charge is 2.32. The first-order chi connectivity index (χ1) is 9.89. The molecule has 1 aromatic carbocycles. The van der Waals surface area contributed by atoms with Crippen LogP contribution in [0.5, 0.6) is 0 Å². The Morgan fingerprint density at radius 1 is 1.05 bits per heavy atom. The topological polar surface area (TPSA) is 12.9 Å². The summed E-state index contributed by atoms with van der Waals surface area (Å²) < 4.78 is 4.79. The molecule has 0 bridgehead atoms. The van der Waals surface area contributed by atoms with Crippen molar-refractivity contribution >= 4 is 22.7 Å². The molecule has 0 unspecified atom stereocenters. The van der Waals surface area contributed by atoms with E-state index in [0.29, 0.717) is 0 Å². The fourth-order valence-electron chi connectivity index (χ4n) is 2.76. The predicted molar refractivity (Wildman–Crippen MR) is 93.3 cm³/mol. The second kappa shape index (κ2) is 4.96. The summed E-state index contributed by atoms with van der Waals surface area (Å²) in [6.07, 6.45) is 2.34. The van der Waals surface area contributed by atoms with E-state index >= 15 is 0 Å². The van der Waals surface area contributed by atoms with Gasteiger partial charge in [0, 0.05) is 5.56 Å². The third-order valence-electron chi connectivity index (χ3n) is 3.89. The van der Waals surface area contributed by atoms with Crippen LogP contribution in [0.2, 0.25) is 0 Å². The molecule has 0 saturated heterocycles. The molecule has 2 aromatic rings. The maximum Gasteiger partial charge on any atom is 0.0890 e. The zero-order chi connectivity index (χ0) is 15.2. The molecule has 1 aromatic heterocycles. The Morgan fingerprint density at radius 3 is 2.29 bits per heavy atom. The van der Waals surface area contributed by atoms with Gasteiger partial charge in [-0.15, -0.1) is 0 Å². The smallest absolute Gasteiger partial charge is 0.0890 e.